The smallest absolute Gasteiger partial charge is 0.128 e. The van der Waals surface area contributed by atoms with Crippen molar-refractivity contribution in [1.82, 2.24) is 9.78 Å². The Balaban J connectivity index is 2.06. The van der Waals surface area contributed by atoms with Crippen molar-refractivity contribution in [3.63, 3.8) is 0 Å². The van der Waals surface area contributed by atoms with Crippen LogP contribution < -0.4 is 5.32 Å². The molecule has 2 N–H and O–H groups in total. The zero-order valence-corrected chi connectivity index (χ0v) is 10.2. The highest BCUT2D eigenvalue weighted by molar-refractivity contribution is 5.41. The Morgan fingerprint density at radius 1 is 1.44 bits per heavy atom. The minimum atomic E-state index is -0.222. The van der Waals surface area contributed by atoms with E-state index in [9.17, 15) is 4.39 Å². The summed E-state index contributed by atoms with van der Waals surface area (Å²) in [7, 11) is 0. The number of rotatable bonds is 5. The normalized spacial score (nSPS) is 12.4. The Labute approximate surface area is 105 Å². The predicted molar refractivity (Wildman–Crippen MR) is 67.8 cm³/mol. The van der Waals surface area contributed by atoms with Crippen LogP contribution in [0.4, 0.5) is 10.1 Å². The van der Waals surface area contributed by atoms with Crippen molar-refractivity contribution in [1.29, 1.82) is 0 Å². The van der Waals surface area contributed by atoms with Gasteiger partial charge in [0.2, 0.25) is 0 Å². The molecule has 0 fully saturated rings. The molecule has 0 aliphatic heterocycles. The second-order valence-electron chi connectivity index (χ2n) is 4.10. The third-order valence-electron chi connectivity index (χ3n) is 2.72. The molecule has 18 heavy (non-hydrogen) atoms. The van der Waals surface area contributed by atoms with E-state index in [-0.39, 0.29) is 18.5 Å². The summed E-state index contributed by atoms with van der Waals surface area (Å²) >= 11 is 0. The van der Waals surface area contributed by atoms with E-state index in [2.05, 4.69) is 10.4 Å². The molecule has 0 bridgehead atoms. The van der Waals surface area contributed by atoms with Gasteiger partial charge >= 0.3 is 0 Å². The number of nitrogens with one attached hydrogen (secondary N) is 1. The van der Waals surface area contributed by atoms with Gasteiger partial charge in [-0.15, -0.1) is 0 Å². The molecule has 0 aliphatic rings. The predicted octanol–water partition coefficient (Wildman–Crippen LogP) is 2.19. The summed E-state index contributed by atoms with van der Waals surface area (Å²) in [6, 6.07) is 6.54. The van der Waals surface area contributed by atoms with Crippen molar-refractivity contribution in [2.45, 2.75) is 19.5 Å². The molecule has 0 saturated heterocycles. The number of aromatic nitrogens is 2. The first-order valence-electron chi connectivity index (χ1n) is 5.85. The van der Waals surface area contributed by atoms with Crippen LogP contribution in [-0.4, -0.2) is 21.5 Å². The maximum absolute atomic E-state index is 13.6. The Bertz CT molecular complexity index is 512. The van der Waals surface area contributed by atoms with Crippen LogP contribution in [0.2, 0.25) is 0 Å². The van der Waals surface area contributed by atoms with Crippen LogP contribution in [0.3, 0.4) is 0 Å². The van der Waals surface area contributed by atoms with Crippen LogP contribution in [0.25, 0.3) is 0 Å². The van der Waals surface area contributed by atoms with Crippen molar-refractivity contribution in [3.05, 3.63) is 48.0 Å². The molecule has 0 radical (unpaired) electrons. The number of hydrogen-bond acceptors (Lipinski definition) is 3. The van der Waals surface area contributed by atoms with Crippen molar-refractivity contribution >= 4 is 5.69 Å². The molecule has 1 unspecified atom stereocenters. The largest absolute Gasteiger partial charge is 0.394 e. The molecule has 2 rings (SSSR count). The van der Waals surface area contributed by atoms with Gasteiger partial charge in [0.1, 0.15) is 5.82 Å². The van der Waals surface area contributed by atoms with E-state index in [0.29, 0.717) is 12.1 Å². The van der Waals surface area contributed by atoms with Gasteiger partial charge in [0.15, 0.2) is 0 Å². The van der Waals surface area contributed by atoms with Crippen molar-refractivity contribution < 1.29 is 9.50 Å². The minimum absolute atomic E-state index is 0.0456. The first-order chi connectivity index (χ1) is 8.70. The number of nitrogens with zero attached hydrogens (tertiary/aromatic N) is 2. The number of benzene rings is 1. The molecule has 1 heterocycles. The SMILES string of the molecule is CC(Nc1cnn(CCO)c1)c1ccccc1F. The van der Waals surface area contributed by atoms with Crippen molar-refractivity contribution in [2.75, 3.05) is 11.9 Å². The Morgan fingerprint density at radius 2 is 2.22 bits per heavy atom. The summed E-state index contributed by atoms with van der Waals surface area (Å²) < 4.78 is 15.2. The quantitative estimate of drug-likeness (QED) is 0.854. The first-order valence-corrected chi connectivity index (χ1v) is 5.85. The molecule has 4 nitrogen and oxygen atoms in total. The number of aliphatic hydroxyl groups excluding tert-OH is 1. The average Bonchev–Trinajstić information content (AvgIpc) is 2.77. The fourth-order valence-electron chi connectivity index (χ4n) is 1.82. The van der Waals surface area contributed by atoms with Crippen LogP contribution in [0.5, 0.6) is 0 Å². The number of hydrogen-bond donors (Lipinski definition) is 2. The summed E-state index contributed by atoms with van der Waals surface area (Å²) in [5, 5.41) is 16.0. The summed E-state index contributed by atoms with van der Waals surface area (Å²) in [6.45, 7) is 2.39. The topological polar surface area (TPSA) is 50.1 Å². The summed E-state index contributed by atoms with van der Waals surface area (Å²) in [5.74, 6) is -0.222. The highest BCUT2D eigenvalue weighted by Gasteiger charge is 2.10. The maximum atomic E-state index is 13.6. The summed E-state index contributed by atoms with van der Waals surface area (Å²) in [5.41, 5.74) is 1.42. The minimum Gasteiger partial charge on any atom is -0.394 e. The van der Waals surface area contributed by atoms with Gasteiger partial charge in [0.05, 0.1) is 31.1 Å². The molecule has 5 heteroatoms. The second kappa shape index (κ2) is 5.64. The average molecular weight is 249 g/mol. The molecule has 0 aliphatic carbocycles. The Hall–Kier alpha value is -1.88. The number of aliphatic hydroxyl groups is 1. The summed E-state index contributed by atoms with van der Waals surface area (Å²) in [6.07, 6.45) is 3.45. The van der Waals surface area contributed by atoms with Crippen LogP contribution in [0, 0.1) is 5.82 Å². The van der Waals surface area contributed by atoms with Crippen LogP contribution in [0.15, 0.2) is 36.7 Å². The van der Waals surface area contributed by atoms with Gasteiger partial charge in [-0.2, -0.15) is 5.10 Å². The van der Waals surface area contributed by atoms with E-state index >= 15 is 0 Å². The zero-order chi connectivity index (χ0) is 13.0. The highest BCUT2D eigenvalue weighted by Crippen LogP contribution is 2.20. The van der Waals surface area contributed by atoms with E-state index in [1.165, 1.54) is 6.07 Å². The van der Waals surface area contributed by atoms with E-state index in [4.69, 9.17) is 5.11 Å². The fraction of sp³-hybridized carbons (Fsp3) is 0.308. The molecule has 0 saturated carbocycles. The zero-order valence-electron chi connectivity index (χ0n) is 10.2. The van der Waals surface area contributed by atoms with Gasteiger partial charge in [-0.25, -0.2) is 4.39 Å². The first kappa shape index (κ1) is 12.6. The Kier molecular flexibility index (Phi) is 3.94. The maximum Gasteiger partial charge on any atom is 0.128 e. The molecule has 2 aromatic rings. The molecule has 0 spiro atoms. The van der Waals surface area contributed by atoms with Crippen LogP contribution >= 0.6 is 0 Å². The second-order valence-corrected chi connectivity index (χ2v) is 4.10. The Morgan fingerprint density at radius 3 is 2.94 bits per heavy atom. The lowest BCUT2D eigenvalue weighted by Gasteiger charge is -2.14. The lowest BCUT2D eigenvalue weighted by atomic mass is 10.1. The van der Waals surface area contributed by atoms with E-state index < -0.39 is 0 Å². The standard InChI is InChI=1S/C13H16FN3O/c1-10(12-4-2-3-5-13(12)14)16-11-8-15-17(9-11)6-7-18/h2-5,8-10,16,18H,6-7H2,1H3. The lowest BCUT2D eigenvalue weighted by Crippen LogP contribution is -2.08. The highest BCUT2D eigenvalue weighted by atomic mass is 19.1. The molecular weight excluding hydrogens is 233 g/mol. The van der Waals surface area contributed by atoms with Crippen molar-refractivity contribution in [3.8, 4) is 0 Å². The van der Waals surface area contributed by atoms with Gasteiger partial charge in [-0.1, -0.05) is 18.2 Å². The molecule has 0 amide bonds. The van der Waals surface area contributed by atoms with Crippen molar-refractivity contribution in [2.24, 2.45) is 0 Å². The molecule has 96 valence electrons. The third-order valence-corrected chi connectivity index (χ3v) is 2.72. The molecule has 1 aromatic carbocycles. The van der Waals surface area contributed by atoms with E-state index in [0.717, 1.165) is 5.69 Å². The lowest BCUT2D eigenvalue weighted by molar-refractivity contribution is 0.269. The van der Waals surface area contributed by atoms with E-state index in [1.807, 2.05) is 13.0 Å². The molecule has 1 atom stereocenters. The van der Waals surface area contributed by atoms with Gasteiger partial charge in [0, 0.05) is 11.8 Å². The third kappa shape index (κ3) is 2.87. The monoisotopic (exact) mass is 249 g/mol. The van der Waals surface area contributed by atoms with Crippen LogP contribution in [-0.2, 0) is 6.54 Å². The number of anilines is 1. The van der Waals surface area contributed by atoms with Gasteiger partial charge < -0.3 is 10.4 Å². The van der Waals surface area contributed by atoms with Gasteiger partial charge in [-0.05, 0) is 13.0 Å². The summed E-state index contributed by atoms with van der Waals surface area (Å²) in [4.78, 5) is 0. The fourth-order valence-corrected chi connectivity index (χ4v) is 1.82. The van der Waals surface area contributed by atoms with Gasteiger partial charge in [0.25, 0.3) is 0 Å². The van der Waals surface area contributed by atoms with Gasteiger partial charge in [-0.3, -0.25) is 4.68 Å². The van der Waals surface area contributed by atoms with Crippen LogP contribution in [0.1, 0.15) is 18.5 Å². The molecule has 1 aromatic heterocycles. The number of halogens is 1. The molecular formula is C13H16FN3O. The van der Waals surface area contributed by atoms with E-state index in [1.54, 1.807) is 29.2 Å².